The Bertz CT molecular complexity index is 453. The standard InChI is InChI=1S/C11H15N3O2/c1-2-12-11(16)7-3-4-9-8(5-7)6-10(15)14-13-9/h6-7H,2-5H2,1H3,(H,12,16)(H,14,15). The van der Waals surface area contributed by atoms with Crippen LogP contribution in [0.5, 0.6) is 0 Å². The summed E-state index contributed by atoms with van der Waals surface area (Å²) in [5.74, 6) is 0.0597. The maximum absolute atomic E-state index is 11.7. The van der Waals surface area contributed by atoms with E-state index in [2.05, 4.69) is 15.5 Å². The highest BCUT2D eigenvalue weighted by atomic mass is 16.2. The summed E-state index contributed by atoms with van der Waals surface area (Å²) < 4.78 is 0. The third-order valence-corrected chi connectivity index (χ3v) is 2.89. The zero-order chi connectivity index (χ0) is 11.5. The average molecular weight is 221 g/mol. The number of hydrogen-bond donors (Lipinski definition) is 2. The quantitative estimate of drug-likeness (QED) is 0.738. The predicted octanol–water partition coefficient (Wildman–Crippen LogP) is 0.0109. The minimum Gasteiger partial charge on any atom is -0.356 e. The molecule has 5 nitrogen and oxygen atoms in total. The van der Waals surface area contributed by atoms with E-state index in [1.54, 1.807) is 6.07 Å². The number of nitrogens with one attached hydrogen (secondary N) is 2. The van der Waals surface area contributed by atoms with Crippen molar-refractivity contribution in [2.24, 2.45) is 5.92 Å². The van der Waals surface area contributed by atoms with Crippen LogP contribution in [0, 0.1) is 5.92 Å². The van der Waals surface area contributed by atoms with Crippen molar-refractivity contribution in [2.45, 2.75) is 26.2 Å². The number of fused-ring (bicyclic) bond motifs is 1. The Morgan fingerprint density at radius 2 is 2.50 bits per heavy atom. The summed E-state index contributed by atoms with van der Waals surface area (Å²) in [5, 5.41) is 9.23. The van der Waals surface area contributed by atoms with Gasteiger partial charge >= 0.3 is 0 Å². The number of hydrogen-bond acceptors (Lipinski definition) is 3. The first-order valence-electron chi connectivity index (χ1n) is 5.56. The number of aryl methyl sites for hydroxylation is 1. The summed E-state index contributed by atoms with van der Waals surface area (Å²) in [6.07, 6.45) is 2.18. The van der Waals surface area contributed by atoms with Crippen LogP contribution in [0.2, 0.25) is 0 Å². The monoisotopic (exact) mass is 221 g/mol. The van der Waals surface area contributed by atoms with Gasteiger partial charge in [0.1, 0.15) is 0 Å². The van der Waals surface area contributed by atoms with Crippen LogP contribution >= 0.6 is 0 Å². The molecule has 0 saturated carbocycles. The molecule has 0 saturated heterocycles. The zero-order valence-electron chi connectivity index (χ0n) is 9.25. The normalized spacial score (nSPS) is 18.9. The maximum Gasteiger partial charge on any atom is 0.264 e. The first kappa shape index (κ1) is 10.9. The molecule has 1 aromatic rings. The first-order valence-corrected chi connectivity index (χ1v) is 5.56. The van der Waals surface area contributed by atoms with Gasteiger partial charge in [0.05, 0.1) is 5.69 Å². The summed E-state index contributed by atoms with van der Waals surface area (Å²) in [4.78, 5) is 22.8. The second-order valence-corrected chi connectivity index (χ2v) is 4.04. The molecule has 0 fully saturated rings. The smallest absolute Gasteiger partial charge is 0.264 e. The van der Waals surface area contributed by atoms with Crippen molar-refractivity contribution in [2.75, 3.05) is 6.54 Å². The largest absolute Gasteiger partial charge is 0.356 e. The average Bonchev–Trinajstić information content (AvgIpc) is 2.28. The topological polar surface area (TPSA) is 74.8 Å². The van der Waals surface area contributed by atoms with Gasteiger partial charge in [0.2, 0.25) is 5.91 Å². The Labute approximate surface area is 93.3 Å². The molecule has 0 spiro atoms. The fourth-order valence-electron chi connectivity index (χ4n) is 2.08. The number of H-pyrrole nitrogens is 1. The molecule has 16 heavy (non-hydrogen) atoms. The van der Waals surface area contributed by atoms with Crippen molar-refractivity contribution >= 4 is 5.91 Å². The SMILES string of the molecule is CCNC(=O)C1CCc2n[nH]c(=O)cc2C1. The number of aromatic amines is 1. The lowest BCUT2D eigenvalue weighted by Gasteiger charge is -2.22. The molecule has 1 aliphatic carbocycles. The highest BCUT2D eigenvalue weighted by Crippen LogP contribution is 2.22. The van der Waals surface area contributed by atoms with E-state index in [0.29, 0.717) is 13.0 Å². The second kappa shape index (κ2) is 4.47. The number of carbonyl (C=O) groups excluding carboxylic acids is 1. The van der Waals surface area contributed by atoms with Crippen molar-refractivity contribution in [3.63, 3.8) is 0 Å². The molecule has 1 heterocycles. The number of amides is 1. The number of carbonyl (C=O) groups is 1. The molecule has 0 radical (unpaired) electrons. The van der Waals surface area contributed by atoms with Crippen LogP contribution in [-0.2, 0) is 17.6 Å². The Morgan fingerprint density at radius 1 is 1.69 bits per heavy atom. The van der Waals surface area contributed by atoms with E-state index in [1.807, 2.05) is 6.92 Å². The van der Waals surface area contributed by atoms with E-state index in [1.165, 1.54) is 0 Å². The molecule has 0 aromatic carbocycles. The van der Waals surface area contributed by atoms with E-state index in [-0.39, 0.29) is 17.4 Å². The van der Waals surface area contributed by atoms with Gasteiger partial charge in [0.25, 0.3) is 5.56 Å². The van der Waals surface area contributed by atoms with E-state index >= 15 is 0 Å². The highest BCUT2D eigenvalue weighted by molar-refractivity contribution is 5.79. The minimum atomic E-state index is -0.199. The summed E-state index contributed by atoms with van der Waals surface area (Å²) in [6.45, 7) is 2.55. The van der Waals surface area contributed by atoms with Crippen LogP contribution in [0.1, 0.15) is 24.6 Å². The maximum atomic E-state index is 11.7. The summed E-state index contributed by atoms with van der Waals surface area (Å²) in [7, 11) is 0. The van der Waals surface area contributed by atoms with Gasteiger partial charge in [-0.1, -0.05) is 0 Å². The van der Waals surface area contributed by atoms with Crippen LogP contribution < -0.4 is 10.9 Å². The molecule has 1 amide bonds. The Balaban J connectivity index is 2.16. The molecular formula is C11H15N3O2. The van der Waals surface area contributed by atoms with Gasteiger partial charge in [-0.25, -0.2) is 5.10 Å². The van der Waals surface area contributed by atoms with Gasteiger partial charge in [0, 0.05) is 18.5 Å². The molecule has 2 N–H and O–H groups in total. The van der Waals surface area contributed by atoms with Gasteiger partial charge in [0.15, 0.2) is 0 Å². The van der Waals surface area contributed by atoms with Gasteiger partial charge in [-0.3, -0.25) is 9.59 Å². The number of aromatic nitrogens is 2. The molecular weight excluding hydrogens is 206 g/mol. The van der Waals surface area contributed by atoms with E-state index in [9.17, 15) is 9.59 Å². The predicted molar refractivity (Wildman–Crippen MR) is 59.1 cm³/mol. The number of nitrogens with zero attached hydrogens (tertiary/aromatic N) is 1. The third kappa shape index (κ3) is 2.13. The van der Waals surface area contributed by atoms with Crippen molar-refractivity contribution in [1.82, 2.24) is 15.5 Å². The first-order chi connectivity index (χ1) is 7.70. The van der Waals surface area contributed by atoms with E-state index < -0.39 is 0 Å². The summed E-state index contributed by atoms with van der Waals surface area (Å²) in [5.41, 5.74) is 1.63. The van der Waals surface area contributed by atoms with Gasteiger partial charge in [-0.2, -0.15) is 5.10 Å². The van der Waals surface area contributed by atoms with Crippen LogP contribution in [0.25, 0.3) is 0 Å². The molecule has 2 rings (SSSR count). The Kier molecular flexibility index (Phi) is 3.03. The Morgan fingerprint density at radius 3 is 3.25 bits per heavy atom. The number of rotatable bonds is 2. The molecule has 1 aromatic heterocycles. The lowest BCUT2D eigenvalue weighted by atomic mass is 9.86. The van der Waals surface area contributed by atoms with Crippen LogP contribution in [0.15, 0.2) is 10.9 Å². The Hall–Kier alpha value is -1.65. The molecule has 1 unspecified atom stereocenters. The molecule has 0 aliphatic heterocycles. The van der Waals surface area contributed by atoms with Gasteiger partial charge in [-0.15, -0.1) is 0 Å². The minimum absolute atomic E-state index is 0.0175. The zero-order valence-corrected chi connectivity index (χ0v) is 9.25. The molecule has 5 heteroatoms. The molecule has 1 atom stereocenters. The lowest BCUT2D eigenvalue weighted by Crippen LogP contribution is -2.34. The van der Waals surface area contributed by atoms with Crippen molar-refractivity contribution in [3.05, 3.63) is 27.7 Å². The van der Waals surface area contributed by atoms with Crippen LogP contribution in [0.3, 0.4) is 0 Å². The van der Waals surface area contributed by atoms with Crippen molar-refractivity contribution in [1.29, 1.82) is 0 Å². The molecule has 1 aliphatic rings. The van der Waals surface area contributed by atoms with E-state index in [0.717, 1.165) is 24.1 Å². The fourth-order valence-corrected chi connectivity index (χ4v) is 2.08. The van der Waals surface area contributed by atoms with Gasteiger partial charge < -0.3 is 5.32 Å². The van der Waals surface area contributed by atoms with Crippen molar-refractivity contribution < 1.29 is 4.79 Å². The highest BCUT2D eigenvalue weighted by Gasteiger charge is 2.25. The summed E-state index contributed by atoms with van der Waals surface area (Å²) >= 11 is 0. The third-order valence-electron chi connectivity index (χ3n) is 2.89. The molecule has 86 valence electrons. The molecule has 0 bridgehead atoms. The summed E-state index contributed by atoms with van der Waals surface area (Å²) in [6, 6.07) is 1.55. The fraction of sp³-hybridized carbons (Fsp3) is 0.545. The van der Waals surface area contributed by atoms with E-state index in [4.69, 9.17) is 0 Å². The van der Waals surface area contributed by atoms with Crippen LogP contribution in [-0.4, -0.2) is 22.6 Å². The van der Waals surface area contributed by atoms with Crippen LogP contribution in [0.4, 0.5) is 0 Å². The van der Waals surface area contributed by atoms with Crippen molar-refractivity contribution in [3.8, 4) is 0 Å². The second-order valence-electron chi connectivity index (χ2n) is 4.04. The lowest BCUT2D eigenvalue weighted by molar-refractivity contribution is -0.125. The van der Waals surface area contributed by atoms with Gasteiger partial charge in [-0.05, 0) is 31.7 Å².